The maximum absolute atomic E-state index is 11.4. The molecular weight excluding hydrogens is 458 g/mol. The van der Waals surface area contributed by atoms with Gasteiger partial charge in [0.05, 0.1) is 17.1 Å². The fourth-order valence-electron chi connectivity index (χ4n) is 1.75. The molecule has 0 amide bonds. The number of carbonyl (C=O) groups is 1. The Hall–Kier alpha value is -0.920. The highest BCUT2D eigenvalue weighted by Gasteiger charge is 2.19. The highest BCUT2D eigenvalue weighted by atomic mass is 79.9. The van der Waals surface area contributed by atoms with Gasteiger partial charge in [-0.1, -0.05) is 15.9 Å². The summed E-state index contributed by atoms with van der Waals surface area (Å²) >= 11 is 10.2. The molecule has 0 fully saturated rings. The molecule has 0 radical (unpaired) electrons. The van der Waals surface area contributed by atoms with E-state index >= 15 is 0 Å². The Balaban J connectivity index is 2.78. The van der Waals surface area contributed by atoms with E-state index in [4.69, 9.17) is 4.74 Å². The zero-order valence-corrected chi connectivity index (χ0v) is 14.9. The van der Waals surface area contributed by atoms with E-state index in [2.05, 4.69) is 52.8 Å². The molecule has 7 heteroatoms. The number of halogens is 3. The van der Waals surface area contributed by atoms with Crippen molar-refractivity contribution in [2.24, 2.45) is 0 Å². The van der Waals surface area contributed by atoms with Gasteiger partial charge in [-0.05, 0) is 44.0 Å². The number of nitrogens with zero attached hydrogens (tertiary/aromatic N) is 1. The van der Waals surface area contributed by atoms with E-state index < -0.39 is 5.97 Å². The minimum Gasteiger partial charge on any atom is -0.496 e. The number of aromatic carboxylic acids is 1. The van der Waals surface area contributed by atoms with Crippen LogP contribution < -0.4 is 4.74 Å². The molecule has 0 unspecified atom stereocenters. The van der Waals surface area contributed by atoms with Crippen molar-refractivity contribution in [3.8, 4) is 16.9 Å². The molecule has 1 heterocycles. The van der Waals surface area contributed by atoms with Crippen molar-refractivity contribution in [2.45, 2.75) is 0 Å². The van der Waals surface area contributed by atoms with Crippen LogP contribution >= 0.6 is 47.8 Å². The zero-order chi connectivity index (χ0) is 14.9. The zero-order valence-electron chi connectivity index (χ0n) is 10.2. The lowest BCUT2D eigenvalue weighted by Gasteiger charge is -2.13. The average Bonchev–Trinajstić information content (AvgIpc) is 2.39. The molecule has 0 atom stereocenters. The Kier molecular flexibility index (Phi) is 4.82. The molecular formula is C13H8Br3NO3. The van der Waals surface area contributed by atoms with Gasteiger partial charge in [0.1, 0.15) is 5.75 Å². The summed E-state index contributed by atoms with van der Waals surface area (Å²) in [5.74, 6) is -0.425. The number of pyridine rings is 1. The predicted molar refractivity (Wildman–Crippen MR) is 86.3 cm³/mol. The Morgan fingerprint density at radius 3 is 2.45 bits per heavy atom. The largest absolute Gasteiger partial charge is 0.496 e. The number of hydrogen-bond donors (Lipinski definition) is 1. The molecule has 2 rings (SSSR count). The van der Waals surface area contributed by atoms with E-state index in [1.165, 1.54) is 6.20 Å². The average molecular weight is 466 g/mol. The second-order valence-corrected chi connectivity index (χ2v) is 6.38. The summed E-state index contributed by atoms with van der Waals surface area (Å²) in [6, 6.07) is 3.58. The molecule has 0 aliphatic rings. The van der Waals surface area contributed by atoms with Crippen LogP contribution in [0, 0.1) is 0 Å². The van der Waals surface area contributed by atoms with E-state index in [1.807, 2.05) is 6.07 Å². The van der Waals surface area contributed by atoms with Gasteiger partial charge in [0, 0.05) is 32.5 Å². The standard InChI is InChI=1S/C13H8Br3NO3/c1-20-11-2-6(8(14)3-9(11)15)12-7(13(18)19)4-17-5-10(12)16/h2-5H,1H3,(H,18,19). The topological polar surface area (TPSA) is 59.4 Å². The van der Waals surface area contributed by atoms with E-state index in [9.17, 15) is 9.90 Å². The van der Waals surface area contributed by atoms with Gasteiger partial charge in [-0.15, -0.1) is 0 Å². The summed E-state index contributed by atoms with van der Waals surface area (Å²) in [6.45, 7) is 0. The fraction of sp³-hybridized carbons (Fsp3) is 0.0769. The van der Waals surface area contributed by atoms with Crippen molar-refractivity contribution in [1.82, 2.24) is 4.98 Å². The monoisotopic (exact) mass is 463 g/mol. The molecule has 0 aliphatic carbocycles. The van der Waals surface area contributed by atoms with Crippen LogP contribution in [-0.4, -0.2) is 23.2 Å². The van der Waals surface area contributed by atoms with Crippen molar-refractivity contribution in [1.29, 1.82) is 0 Å². The number of aromatic nitrogens is 1. The highest BCUT2D eigenvalue weighted by molar-refractivity contribution is 9.11. The summed E-state index contributed by atoms with van der Waals surface area (Å²) in [4.78, 5) is 15.3. The minimum absolute atomic E-state index is 0.115. The first kappa shape index (κ1) is 15.5. The lowest BCUT2D eigenvalue weighted by molar-refractivity contribution is 0.0697. The fourth-order valence-corrected chi connectivity index (χ4v) is 3.65. The van der Waals surface area contributed by atoms with E-state index in [0.717, 1.165) is 8.95 Å². The molecule has 0 bridgehead atoms. The Bertz CT molecular complexity index is 689. The number of methoxy groups -OCH3 is 1. The van der Waals surface area contributed by atoms with Crippen LogP contribution in [0.2, 0.25) is 0 Å². The first-order chi connectivity index (χ1) is 9.45. The smallest absolute Gasteiger partial charge is 0.337 e. The van der Waals surface area contributed by atoms with Gasteiger partial charge in [0.25, 0.3) is 0 Å². The van der Waals surface area contributed by atoms with Gasteiger partial charge in [0.2, 0.25) is 0 Å². The van der Waals surface area contributed by atoms with E-state index in [1.54, 1.807) is 19.4 Å². The van der Waals surface area contributed by atoms with Gasteiger partial charge < -0.3 is 9.84 Å². The summed E-state index contributed by atoms with van der Waals surface area (Å²) in [7, 11) is 1.55. The summed E-state index contributed by atoms with van der Waals surface area (Å²) in [6.07, 6.45) is 2.88. The molecule has 1 N–H and O–H groups in total. The molecule has 1 aromatic heterocycles. The minimum atomic E-state index is -1.04. The SMILES string of the molecule is COc1cc(-c2c(Br)cncc2C(=O)O)c(Br)cc1Br. The first-order valence-electron chi connectivity index (χ1n) is 5.36. The van der Waals surface area contributed by atoms with Crippen molar-refractivity contribution < 1.29 is 14.6 Å². The second-order valence-electron chi connectivity index (χ2n) is 3.82. The summed E-state index contributed by atoms with van der Waals surface area (Å²) < 4.78 is 7.38. The number of carboxylic acids is 1. The third-order valence-corrected chi connectivity index (χ3v) is 4.52. The van der Waals surface area contributed by atoms with E-state index in [0.29, 0.717) is 21.3 Å². The maximum atomic E-state index is 11.4. The molecule has 4 nitrogen and oxygen atoms in total. The first-order valence-corrected chi connectivity index (χ1v) is 7.73. The molecule has 0 spiro atoms. The predicted octanol–water partition coefficient (Wildman–Crippen LogP) is 4.74. The number of carboxylic acid groups (broad SMARTS) is 1. The van der Waals surface area contributed by atoms with Gasteiger partial charge in [-0.2, -0.15) is 0 Å². The van der Waals surface area contributed by atoms with Gasteiger partial charge in [-0.25, -0.2) is 4.79 Å². The number of rotatable bonds is 3. The third kappa shape index (κ3) is 2.89. The molecule has 2 aromatic rings. The van der Waals surface area contributed by atoms with Crippen molar-refractivity contribution >= 4 is 53.8 Å². The molecule has 0 saturated heterocycles. The summed E-state index contributed by atoms with van der Waals surface area (Å²) in [5.41, 5.74) is 1.37. The van der Waals surface area contributed by atoms with Crippen LogP contribution in [0.4, 0.5) is 0 Å². The Morgan fingerprint density at radius 1 is 1.15 bits per heavy atom. The number of hydrogen-bond acceptors (Lipinski definition) is 3. The Labute approximate surface area is 140 Å². The molecule has 104 valence electrons. The number of ether oxygens (including phenoxy) is 1. The Morgan fingerprint density at radius 2 is 1.85 bits per heavy atom. The lowest BCUT2D eigenvalue weighted by atomic mass is 10.0. The van der Waals surface area contributed by atoms with Crippen LogP contribution in [0.15, 0.2) is 37.9 Å². The normalized spacial score (nSPS) is 10.4. The quantitative estimate of drug-likeness (QED) is 0.711. The molecule has 1 aromatic carbocycles. The molecule has 0 aliphatic heterocycles. The van der Waals surface area contributed by atoms with E-state index in [-0.39, 0.29) is 5.56 Å². The lowest BCUT2D eigenvalue weighted by Crippen LogP contribution is -2.02. The highest BCUT2D eigenvalue weighted by Crippen LogP contribution is 2.41. The molecule has 20 heavy (non-hydrogen) atoms. The maximum Gasteiger partial charge on any atom is 0.337 e. The van der Waals surface area contributed by atoms with Crippen molar-refractivity contribution in [3.63, 3.8) is 0 Å². The van der Waals surface area contributed by atoms with Crippen LogP contribution in [0.25, 0.3) is 11.1 Å². The van der Waals surface area contributed by atoms with Gasteiger partial charge >= 0.3 is 5.97 Å². The number of benzene rings is 1. The summed E-state index contributed by atoms with van der Waals surface area (Å²) in [5, 5.41) is 9.31. The van der Waals surface area contributed by atoms with Crippen LogP contribution in [0.1, 0.15) is 10.4 Å². The third-order valence-electron chi connectivity index (χ3n) is 2.64. The van der Waals surface area contributed by atoms with Gasteiger partial charge in [0.15, 0.2) is 0 Å². The van der Waals surface area contributed by atoms with Crippen LogP contribution in [0.3, 0.4) is 0 Å². The van der Waals surface area contributed by atoms with Crippen molar-refractivity contribution in [3.05, 3.63) is 43.5 Å². The van der Waals surface area contributed by atoms with Crippen LogP contribution in [-0.2, 0) is 0 Å². The van der Waals surface area contributed by atoms with Crippen molar-refractivity contribution in [2.75, 3.05) is 7.11 Å². The van der Waals surface area contributed by atoms with Crippen LogP contribution in [0.5, 0.6) is 5.75 Å². The van der Waals surface area contributed by atoms with Gasteiger partial charge in [-0.3, -0.25) is 4.98 Å². The second kappa shape index (κ2) is 6.24. The molecule has 0 saturated carbocycles.